The number of nitrogens with zero attached hydrogens (tertiary/aromatic N) is 4. The van der Waals surface area contributed by atoms with E-state index in [9.17, 15) is 19.4 Å². The van der Waals surface area contributed by atoms with E-state index in [1.165, 1.54) is 29.9 Å². The maximum atomic E-state index is 14.0. The monoisotopic (exact) mass is 586 g/mol. The van der Waals surface area contributed by atoms with Gasteiger partial charge in [-0.25, -0.2) is 18.9 Å². The first-order valence-electron chi connectivity index (χ1n) is 12.6. The van der Waals surface area contributed by atoms with Crippen LogP contribution in [0.15, 0.2) is 48.8 Å². The fourth-order valence-electron chi connectivity index (χ4n) is 4.48. The van der Waals surface area contributed by atoms with E-state index in [4.69, 9.17) is 33.7 Å². The molecule has 2 aromatic heterocycles. The summed E-state index contributed by atoms with van der Waals surface area (Å²) in [7, 11) is -4.39. The van der Waals surface area contributed by atoms with Crippen molar-refractivity contribution in [1.82, 2.24) is 19.7 Å². The Balaban J connectivity index is 1.44. The summed E-state index contributed by atoms with van der Waals surface area (Å²) in [5, 5.41) is 17.0. The summed E-state index contributed by atoms with van der Waals surface area (Å²) < 4.78 is 48.8. The predicted molar refractivity (Wildman–Crippen MR) is 139 cm³/mol. The molecule has 16 heteroatoms. The summed E-state index contributed by atoms with van der Waals surface area (Å²) in [5.74, 6) is -0.341. The smallest absolute Gasteiger partial charge is 0.462 e. The Morgan fingerprint density at radius 1 is 1.24 bits per heavy atom. The number of rotatable bonds is 10. The number of nitriles is 1. The van der Waals surface area contributed by atoms with Crippen LogP contribution in [0.2, 0.25) is 0 Å². The molecule has 2 aliphatic rings. The summed E-state index contributed by atoms with van der Waals surface area (Å²) in [6, 6.07) is 12.2. The molecule has 216 valence electrons. The Hall–Kier alpha value is -4.22. The third-order valence-electron chi connectivity index (χ3n) is 6.32. The molecule has 3 aromatic rings. The molecule has 2 aliphatic heterocycles. The molecule has 3 N–H and O–H groups in total. The lowest BCUT2D eigenvalue weighted by molar-refractivity contribution is -0.149. The van der Waals surface area contributed by atoms with Crippen LogP contribution in [-0.4, -0.2) is 63.3 Å². The number of fused-ring (bicyclic) bond motifs is 2. The molecule has 0 bridgehead atoms. The van der Waals surface area contributed by atoms with Crippen LogP contribution >= 0.6 is 7.75 Å². The zero-order valence-corrected chi connectivity index (χ0v) is 23.1. The zero-order valence-electron chi connectivity index (χ0n) is 22.2. The van der Waals surface area contributed by atoms with E-state index in [2.05, 4.69) is 15.2 Å². The predicted octanol–water partition coefficient (Wildman–Crippen LogP) is 2.68. The number of carbonyl (C=O) groups excluding carboxylic acids is 2. The molecule has 41 heavy (non-hydrogen) atoms. The number of hydrogen-bond acceptors (Lipinski definition) is 13. The van der Waals surface area contributed by atoms with Crippen LogP contribution in [0.1, 0.15) is 32.6 Å². The number of benzene rings is 1. The van der Waals surface area contributed by atoms with Crippen LogP contribution in [0.4, 0.5) is 10.6 Å². The van der Waals surface area contributed by atoms with E-state index in [1.807, 2.05) is 6.07 Å². The van der Waals surface area contributed by atoms with Gasteiger partial charge in [0.15, 0.2) is 18.0 Å². The van der Waals surface area contributed by atoms with Gasteiger partial charge in [-0.3, -0.25) is 9.32 Å². The number of esters is 1. The third-order valence-corrected chi connectivity index (χ3v) is 7.94. The highest BCUT2D eigenvalue weighted by Crippen LogP contribution is 2.51. The Labute approximate surface area is 234 Å². The number of aromatic nitrogens is 3. The van der Waals surface area contributed by atoms with Gasteiger partial charge in [-0.15, -0.1) is 0 Å². The van der Waals surface area contributed by atoms with Gasteiger partial charge in [0, 0.05) is 0 Å². The molecule has 0 saturated carbocycles. The lowest BCUT2D eigenvalue weighted by atomic mass is 9.96. The number of anilines is 1. The van der Waals surface area contributed by atoms with Crippen molar-refractivity contribution >= 4 is 31.2 Å². The summed E-state index contributed by atoms with van der Waals surface area (Å²) >= 11 is 0. The number of carbonyl (C=O) groups is 2. The van der Waals surface area contributed by atoms with Gasteiger partial charge in [-0.2, -0.15) is 15.4 Å². The number of nitrogen functional groups attached to an aromatic ring is 1. The average molecular weight is 586 g/mol. The minimum Gasteiger partial charge on any atom is -0.462 e. The Morgan fingerprint density at radius 2 is 2.00 bits per heavy atom. The molecule has 0 amide bonds. The van der Waals surface area contributed by atoms with Crippen molar-refractivity contribution in [3.05, 3.63) is 54.5 Å². The van der Waals surface area contributed by atoms with Crippen molar-refractivity contribution in [2.24, 2.45) is 0 Å². The summed E-state index contributed by atoms with van der Waals surface area (Å²) in [6.45, 7) is 4.05. The third kappa shape index (κ3) is 5.55. The number of para-hydroxylation sites is 1. The van der Waals surface area contributed by atoms with Gasteiger partial charge >= 0.3 is 19.9 Å². The highest BCUT2D eigenvalue weighted by Gasteiger charge is 2.65. The minimum atomic E-state index is -4.39. The second-order valence-corrected chi connectivity index (χ2v) is 11.3. The first-order valence-corrected chi connectivity index (χ1v) is 14.1. The first-order chi connectivity index (χ1) is 19.5. The van der Waals surface area contributed by atoms with E-state index >= 15 is 0 Å². The molecule has 0 aliphatic carbocycles. The van der Waals surface area contributed by atoms with Crippen molar-refractivity contribution in [3.8, 4) is 11.8 Å². The van der Waals surface area contributed by atoms with Crippen molar-refractivity contribution in [2.45, 2.75) is 56.8 Å². The Bertz CT molecular complexity index is 1540. The highest BCUT2D eigenvalue weighted by atomic mass is 31.2. The quantitative estimate of drug-likeness (QED) is 0.259. The molecule has 0 radical (unpaired) electrons. The van der Waals surface area contributed by atoms with Crippen LogP contribution < -0.4 is 15.3 Å². The minimum absolute atomic E-state index is 0.161. The summed E-state index contributed by atoms with van der Waals surface area (Å²) in [6.07, 6.45) is -3.61. The number of ether oxygens (including phenoxy) is 4. The molecular formula is C25H27N6O9P. The van der Waals surface area contributed by atoms with E-state index in [0.29, 0.717) is 11.2 Å². The van der Waals surface area contributed by atoms with E-state index in [1.54, 1.807) is 44.2 Å². The van der Waals surface area contributed by atoms with Crippen molar-refractivity contribution in [1.29, 1.82) is 5.26 Å². The topological polar surface area (TPSA) is 199 Å². The van der Waals surface area contributed by atoms with Gasteiger partial charge in [0.25, 0.3) is 0 Å². The zero-order chi connectivity index (χ0) is 29.4. The van der Waals surface area contributed by atoms with Crippen molar-refractivity contribution in [3.63, 3.8) is 0 Å². The van der Waals surface area contributed by atoms with Crippen molar-refractivity contribution in [2.75, 3.05) is 12.3 Å². The van der Waals surface area contributed by atoms with Gasteiger partial charge in [0.05, 0.1) is 11.8 Å². The molecular weight excluding hydrogens is 559 g/mol. The lowest BCUT2D eigenvalue weighted by Crippen LogP contribution is -2.46. The molecule has 0 spiro atoms. The number of nitrogens with two attached hydrogens (primary N) is 1. The van der Waals surface area contributed by atoms with Crippen LogP contribution in [0, 0.1) is 11.3 Å². The Kier molecular flexibility index (Phi) is 7.58. The van der Waals surface area contributed by atoms with E-state index in [-0.39, 0.29) is 11.6 Å². The summed E-state index contributed by atoms with van der Waals surface area (Å²) in [4.78, 5) is 28.6. The van der Waals surface area contributed by atoms with Crippen LogP contribution in [-0.2, 0) is 32.8 Å². The van der Waals surface area contributed by atoms with Crippen LogP contribution in [0.25, 0.3) is 5.52 Å². The molecule has 2 fully saturated rings. The molecule has 2 saturated heterocycles. The average Bonchev–Trinajstić information content (AvgIpc) is 3.61. The van der Waals surface area contributed by atoms with Gasteiger partial charge in [0.2, 0.25) is 5.60 Å². The summed E-state index contributed by atoms with van der Waals surface area (Å²) in [5.41, 5.74) is 4.80. The molecule has 1 aromatic carbocycles. The molecule has 15 nitrogen and oxygen atoms in total. The number of hydrogen-bond donors (Lipinski definition) is 2. The molecule has 1 unspecified atom stereocenters. The first kappa shape index (κ1) is 28.3. The fraction of sp³-hybridized carbons (Fsp3) is 0.400. The van der Waals surface area contributed by atoms with E-state index < -0.39 is 62.5 Å². The van der Waals surface area contributed by atoms with Gasteiger partial charge in [0.1, 0.15) is 42.4 Å². The largest absolute Gasteiger partial charge is 0.509 e. The van der Waals surface area contributed by atoms with E-state index in [0.717, 1.165) is 0 Å². The fourth-order valence-corrected chi connectivity index (χ4v) is 6.00. The van der Waals surface area contributed by atoms with Crippen molar-refractivity contribution < 1.29 is 42.1 Å². The van der Waals surface area contributed by atoms with Gasteiger partial charge in [-0.05, 0) is 45.0 Å². The van der Waals surface area contributed by atoms with Crippen LogP contribution in [0.3, 0.4) is 0 Å². The molecule has 5 rings (SSSR count). The highest BCUT2D eigenvalue weighted by molar-refractivity contribution is 7.52. The van der Waals surface area contributed by atoms with Gasteiger partial charge < -0.3 is 29.2 Å². The van der Waals surface area contributed by atoms with Crippen LogP contribution in [0.5, 0.6) is 5.75 Å². The second kappa shape index (κ2) is 11.0. The normalized spacial score (nSPS) is 25.5. The maximum Gasteiger partial charge on any atom is 0.509 e. The molecule has 6 atom stereocenters. The number of nitrogens with one attached hydrogen (secondary N) is 1. The maximum absolute atomic E-state index is 14.0. The lowest BCUT2D eigenvalue weighted by Gasteiger charge is -2.28. The Morgan fingerprint density at radius 3 is 2.71 bits per heavy atom. The van der Waals surface area contributed by atoms with Gasteiger partial charge in [-0.1, -0.05) is 18.2 Å². The SMILES string of the molecule is CC(C)OC(=O)[C@H](C)NP(=O)(OC[C@@]1(C#N)O[C@@H](c2ccc3c(N)ncnn23)[C@@H]2OC(=O)O[C@@H]21)Oc1ccccc1. The standard InChI is InChI=1S/C25H27N6O9P/c1-14(2)36-23(32)15(3)30-41(34,40-16-7-5-4-6-8-16)35-12-25(11-26)21-20(37-24(33)38-21)19(39-25)17-9-10-18-22(27)28-13-29-31(17)18/h4-10,13-15,19-21H,12H2,1-3H3,(H,30,34)(H2,27,28,29)/t15-,19-,20-,21-,25+,41?/m0/s1. The second-order valence-electron chi connectivity index (χ2n) is 9.62. The molecule has 4 heterocycles.